The lowest BCUT2D eigenvalue weighted by atomic mass is 10.3. The van der Waals surface area contributed by atoms with Gasteiger partial charge in [-0.2, -0.15) is 0 Å². The Balaban J connectivity index is 1.60. The Kier molecular flexibility index (Phi) is 5.58. The average molecular weight is 391 g/mol. The summed E-state index contributed by atoms with van der Waals surface area (Å²) in [5.41, 5.74) is 0.651. The molecule has 0 atom stereocenters. The van der Waals surface area contributed by atoms with Gasteiger partial charge in [0.25, 0.3) is 0 Å². The molecule has 2 aliphatic heterocycles. The fourth-order valence-electron chi connectivity index (χ4n) is 3.35. The van der Waals surface area contributed by atoms with Crippen molar-refractivity contribution >= 4 is 23.6 Å². The lowest BCUT2D eigenvalue weighted by Crippen LogP contribution is -2.37. The molecule has 2 saturated heterocycles. The minimum absolute atomic E-state index is 0.110. The van der Waals surface area contributed by atoms with Crippen LogP contribution in [0.5, 0.6) is 0 Å². The summed E-state index contributed by atoms with van der Waals surface area (Å²) < 4.78 is 21.1. The van der Waals surface area contributed by atoms with E-state index in [1.165, 1.54) is 23.9 Å². The number of ether oxygens (including phenoxy) is 1. The van der Waals surface area contributed by atoms with Crippen molar-refractivity contribution in [2.75, 3.05) is 50.0 Å². The standard InChI is InChI=1S/C18H22FN5O2S/c19-14-4-3-5-15(12-14)24-17(23-8-10-26-11-9-23)20-21-18(24)27-13-16(25)22-6-1-2-7-22/h3-5,12H,1-2,6-11,13H2. The van der Waals surface area contributed by atoms with Crippen LogP contribution in [0.3, 0.4) is 0 Å². The molecule has 1 amide bonds. The summed E-state index contributed by atoms with van der Waals surface area (Å²) in [6.45, 7) is 4.29. The van der Waals surface area contributed by atoms with Crippen LogP contribution >= 0.6 is 11.8 Å². The highest BCUT2D eigenvalue weighted by Crippen LogP contribution is 2.28. The molecule has 0 unspecified atom stereocenters. The third-order valence-electron chi connectivity index (χ3n) is 4.76. The summed E-state index contributed by atoms with van der Waals surface area (Å²) >= 11 is 1.35. The molecule has 9 heteroatoms. The Labute approximate surface area is 161 Å². The van der Waals surface area contributed by atoms with Crippen LogP contribution in [0.25, 0.3) is 5.69 Å². The molecule has 0 radical (unpaired) electrons. The number of hydrogen-bond acceptors (Lipinski definition) is 6. The van der Waals surface area contributed by atoms with Gasteiger partial charge in [-0.1, -0.05) is 17.8 Å². The molecule has 2 aromatic rings. The normalized spacial score (nSPS) is 17.5. The van der Waals surface area contributed by atoms with Crippen LogP contribution < -0.4 is 4.90 Å². The maximum Gasteiger partial charge on any atom is 0.233 e. The van der Waals surface area contributed by atoms with Gasteiger partial charge in [0.05, 0.1) is 24.7 Å². The van der Waals surface area contributed by atoms with Crippen LogP contribution in [-0.4, -0.2) is 70.7 Å². The summed E-state index contributed by atoms with van der Waals surface area (Å²) in [4.78, 5) is 16.4. The SMILES string of the molecule is O=C(CSc1nnc(N2CCOCC2)n1-c1cccc(F)c1)N1CCCC1. The van der Waals surface area contributed by atoms with Crippen LogP contribution in [0.15, 0.2) is 29.4 Å². The van der Waals surface area contributed by atoms with Gasteiger partial charge in [0.2, 0.25) is 11.9 Å². The van der Waals surface area contributed by atoms with Crippen molar-refractivity contribution in [1.29, 1.82) is 0 Å². The largest absolute Gasteiger partial charge is 0.378 e. The van der Waals surface area contributed by atoms with Crippen LogP contribution in [0.2, 0.25) is 0 Å². The highest BCUT2D eigenvalue weighted by Gasteiger charge is 2.24. The average Bonchev–Trinajstić information content (AvgIpc) is 3.37. The first-order valence-corrected chi connectivity index (χ1v) is 10.2. The zero-order valence-corrected chi connectivity index (χ0v) is 15.8. The van der Waals surface area contributed by atoms with E-state index in [2.05, 4.69) is 15.1 Å². The van der Waals surface area contributed by atoms with Crippen molar-refractivity contribution in [3.05, 3.63) is 30.1 Å². The van der Waals surface area contributed by atoms with Gasteiger partial charge in [0, 0.05) is 26.2 Å². The summed E-state index contributed by atoms with van der Waals surface area (Å²) in [5.74, 6) is 0.744. The summed E-state index contributed by atoms with van der Waals surface area (Å²) in [5, 5.41) is 9.22. The Morgan fingerprint density at radius 2 is 1.93 bits per heavy atom. The number of thioether (sulfide) groups is 1. The Bertz CT molecular complexity index is 803. The van der Waals surface area contributed by atoms with Gasteiger partial charge in [-0.25, -0.2) is 4.39 Å². The molecular weight excluding hydrogens is 369 g/mol. The molecule has 144 valence electrons. The van der Waals surface area contributed by atoms with Crippen molar-refractivity contribution in [1.82, 2.24) is 19.7 Å². The van der Waals surface area contributed by atoms with Crippen LogP contribution in [-0.2, 0) is 9.53 Å². The number of nitrogens with zero attached hydrogens (tertiary/aromatic N) is 5. The lowest BCUT2D eigenvalue weighted by molar-refractivity contribution is -0.127. The second-order valence-corrected chi connectivity index (χ2v) is 7.52. The van der Waals surface area contributed by atoms with Gasteiger partial charge >= 0.3 is 0 Å². The molecule has 0 N–H and O–H groups in total. The number of amides is 1. The van der Waals surface area contributed by atoms with Gasteiger partial charge in [-0.15, -0.1) is 10.2 Å². The fourth-order valence-corrected chi connectivity index (χ4v) is 4.20. The van der Waals surface area contributed by atoms with Crippen LogP contribution in [0, 0.1) is 5.82 Å². The van der Waals surface area contributed by atoms with Gasteiger partial charge in [-0.3, -0.25) is 9.36 Å². The molecule has 0 bridgehead atoms. The monoisotopic (exact) mass is 391 g/mol. The molecule has 2 aliphatic rings. The number of carbonyl (C=O) groups is 1. The predicted molar refractivity (Wildman–Crippen MR) is 101 cm³/mol. The van der Waals surface area contributed by atoms with Gasteiger partial charge in [0.15, 0.2) is 5.16 Å². The first kappa shape index (κ1) is 18.2. The number of hydrogen-bond donors (Lipinski definition) is 0. The van der Waals surface area contributed by atoms with E-state index in [9.17, 15) is 9.18 Å². The Morgan fingerprint density at radius 3 is 2.67 bits per heavy atom. The molecule has 2 fully saturated rings. The number of benzene rings is 1. The highest BCUT2D eigenvalue weighted by atomic mass is 32.2. The van der Waals surface area contributed by atoms with Crippen molar-refractivity contribution in [2.24, 2.45) is 0 Å². The number of rotatable bonds is 5. The first-order valence-electron chi connectivity index (χ1n) is 9.17. The summed E-state index contributed by atoms with van der Waals surface area (Å²) in [6.07, 6.45) is 2.13. The van der Waals surface area contributed by atoms with E-state index >= 15 is 0 Å². The maximum absolute atomic E-state index is 13.8. The minimum Gasteiger partial charge on any atom is -0.378 e. The molecule has 0 spiro atoms. The van der Waals surface area contributed by atoms with Crippen molar-refractivity contribution in [3.63, 3.8) is 0 Å². The number of likely N-dealkylation sites (tertiary alicyclic amines) is 1. The highest BCUT2D eigenvalue weighted by molar-refractivity contribution is 7.99. The molecule has 3 heterocycles. The molecule has 0 saturated carbocycles. The van der Waals surface area contributed by atoms with Crippen LogP contribution in [0.1, 0.15) is 12.8 Å². The topological polar surface area (TPSA) is 63.5 Å². The van der Waals surface area contributed by atoms with Crippen molar-refractivity contribution < 1.29 is 13.9 Å². The van der Waals surface area contributed by atoms with Gasteiger partial charge in [-0.05, 0) is 31.0 Å². The zero-order chi connectivity index (χ0) is 18.6. The molecule has 4 rings (SSSR count). The molecule has 0 aliphatic carbocycles. The second kappa shape index (κ2) is 8.26. The first-order chi connectivity index (χ1) is 13.2. The van der Waals surface area contributed by atoms with Crippen molar-refractivity contribution in [2.45, 2.75) is 18.0 Å². The van der Waals surface area contributed by atoms with E-state index < -0.39 is 0 Å². The fraction of sp³-hybridized carbons (Fsp3) is 0.500. The van der Waals surface area contributed by atoms with Gasteiger partial charge < -0.3 is 14.5 Å². The Morgan fingerprint density at radius 1 is 1.15 bits per heavy atom. The quantitative estimate of drug-likeness (QED) is 0.726. The number of carbonyl (C=O) groups excluding carboxylic acids is 1. The third-order valence-corrected chi connectivity index (χ3v) is 5.67. The number of aromatic nitrogens is 3. The maximum atomic E-state index is 13.8. The predicted octanol–water partition coefficient (Wildman–Crippen LogP) is 1.96. The number of morpholine rings is 1. The van der Waals surface area contributed by atoms with E-state index in [0.29, 0.717) is 48.8 Å². The molecule has 1 aromatic carbocycles. The van der Waals surface area contributed by atoms with Crippen molar-refractivity contribution in [3.8, 4) is 5.69 Å². The molecule has 7 nitrogen and oxygen atoms in total. The summed E-state index contributed by atoms with van der Waals surface area (Å²) in [7, 11) is 0. The number of halogens is 1. The zero-order valence-electron chi connectivity index (χ0n) is 15.0. The van der Waals surface area contributed by atoms with Gasteiger partial charge in [0.1, 0.15) is 5.82 Å². The van der Waals surface area contributed by atoms with E-state index in [-0.39, 0.29) is 11.7 Å². The van der Waals surface area contributed by atoms with E-state index in [0.717, 1.165) is 25.9 Å². The lowest BCUT2D eigenvalue weighted by Gasteiger charge is -2.28. The molecular formula is C18H22FN5O2S. The molecule has 1 aromatic heterocycles. The Hall–Kier alpha value is -2.13. The summed E-state index contributed by atoms with van der Waals surface area (Å²) in [6, 6.07) is 6.35. The third kappa shape index (κ3) is 4.08. The van der Waals surface area contributed by atoms with Crippen LogP contribution in [0.4, 0.5) is 10.3 Å². The van der Waals surface area contributed by atoms with E-state index in [1.807, 2.05) is 15.5 Å². The minimum atomic E-state index is -0.321. The van der Waals surface area contributed by atoms with E-state index in [1.54, 1.807) is 6.07 Å². The van der Waals surface area contributed by atoms with E-state index in [4.69, 9.17) is 4.74 Å². The second-order valence-electron chi connectivity index (χ2n) is 6.57. The molecule has 27 heavy (non-hydrogen) atoms. The smallest absolute Gasteiger partial charge is 0.233 e. The number of anilines is 1.